The average molecular weight is 396 g/mol. The molecule has 7 nitrogen and oxygen atoms in total. The highest BCUT2D eigenvalue weighted by Gasteiger charge is 2.16. The summed E-state index contributed by atoms with van der Waals surface area (Å²) in [6.07, 6.45) is 7.43. The van der Waals surface area contributed by atoms with Gasteiger partial charge in [0.1, 0.15) is 5.39 Å². The molecule has 4 aromatic heterocycles. The van der Waals surface area contributed by atoms with Gasteiger partial charge >= 0.3 is 0 Å². The fourth-order valence-corrected chi connectivity index (χ4v) is 3.73. The maximum absolute atomic E-state index is 13.4. The first-order valence-corrected chi connectivity index (χ1v) is 9.36. The normalized spacial score (nSPS) is 12.6. The summed E-state index contributed by atoms with van der Waals surface area (Å²) in [6, 6.07) is 12.4. The predicted molar refractivity (Wildman–Crippen MR) is 110 cm³/mol. The zero-order valence-electron chi connectivity index (χ0n) is 15.5. The van der Waals surface area contributed by atoms with Gasteiger partial charge in [0.2, 0.25) is 11.7 Å². The number of allylic oxidation sites excluding steroid dienone is 1. The van der Waals surface area contributed by atoms with Crippen LogP contribution in [0.4, 0.5) is 4.39 Å². The number of nitrogens with zero attached hydrogens (tertiary/aromatic N) is 6. The van der Waals surface area contributed by atoms with Crippen LogP contribution in [0.15, 0.2) is 59.5 Å². The lowest BCUT2D eigenvalue weighted by Crippen LogP contribution is -2.15. The van der Waals surface area contributed by atoms with Gasteiger partial charge in [-0.1, -0.05) is 36.4 Å². The van der Waals surface area contributed by atoms with E-state index < -0.39 is 5.95 Å². The fraction of sp³-hybridized carbons (Fsp3) is 0.0455. The number of rotatable bonds is 3. The highest BCUT2D eigenvalue weighted by molar-refractivity contribution is 5.77. The summed E-state index contributed by atoms with van der Waals surface area (Å²) in [5.74, 6) is -0.151. The van der Waals surface area contributed by atoms with Gasteiger partial charge in [0.15, 0.2) is 5.65 Å². The van der Waals surface area contributed by atoms with Gasteiger partial charge in [-0.3, -0.25) is 13.9 Å². The molecule has 0 atom stereocenters. The Morgan fingerprint density at radius 2 is 1.87 bits per heavy atom. The van der Waals surface area contributed by atoms with Gasteiger partial charge in [0, 0.05) is 11.8 Å². The molecule has 0 bridgehead atoms. The molecule has 5 aromatic rings. The van der Waals surface area contributed by atoms with Crippen molar-refractivity contribution in [2.45, 2.75) is 6.54 Å². The number of pyridine rings is 1. The topological polar surface area (TPSA) is 78.0 Å². The Bertz CT molecular complexity index is 1600. The summed E-state index contributed by atoms with van der Waals surface area (Å²) < 4.78 is 16.9. The molecule has 0 saturated heterocycles. The monoisotopic (exact) mass is 396 g/mol. The van der Waals surface area contributed by atoms with Crippen molar-refractivity contribution in [3.05, 3.63) is 87.6 Å². The summed E-state index contributed by atoms with van der Waals surface area (Å²) >= 11 is 0. The first-order valence-electron chi connectivity index (χ1n) is 9.36. The minimum Gasteiger partial charge on any atom is -0.266 e. The van der Waals surface area contributed by atoms with Crippen LogP contribution in [-0.4, -0.2) is 29.1 Å². The van der Waals surface area contributed by atoms with Gasteiger partial charge in [-0.25, -0.2) is 9.97 Å². The molecular weight excluding hydrogens is 383 g/mol. The zero-order valence-corrected chi connectivity index (χ0v) is 15.5. The third-order valence-electron chi connectivity index (χ3n) is 5.13. The average Bonchev–Trinajstić information content (AvgIpc) is 3.43. The molecule has 4 heterocycles. The molecule has 0 radical (unpaired) electrons. The molecule has 0 spiro atoms. The van der Waals surface area contributed by atoms with Gasteiger partial charge in [-0.2, -0.15) is 14.5 Å². The van der Waals surface area contributed by atoms with Crippen LogP contribution in [0.5, 0.6) is 0 Å². The number of halogens is 1. The van der Waals surface area contributed by atoms with Crippen LogP contribution >= 0.6 is 0 Å². The van der Waals surface area contributed by atoms with Crippen molar-refractivity contribution < 1.29 is 4.39 Å². The smallest absolute Gasteiger partial charge is 0.266 e. The third kappa shape index (κ3) is 2.54. The van der Waals surface area contributed by atoms with E-state index in [1.54, 1.807) is 27.4 Å². The Labute approximate surface area is 168 Å². The summed E-state index contributed by atoms with van der Waals surface area (Å²) in [6.45, 7) is 0.478. The molecule has 1 aromatic carbocycles. The van der Waals surface area contributed by atoms with E-state index in [9.17, 15) is 9.18 Å². The van der Waals surface area contributed by atoms with Crippen molar-refractivity contribution in [3.8, 4) is 11.3 Å². The van der Waals surface area contributed by atoms with Crippen LogP contribution in [0, 0.1) is 5.95 Å². The number of aromatic nitrogens is 6. The molecule has 0 amide bonds. The van der Waals surface area contributed by atoms with Crippen LogP contribution in [0.1, 0.15) is 11.3 Å². The molecule has 1 aliphatic carbocycles. The van der Waals surface area contributed by atoms with Crippen LogP contribution in [-0.2, 0) is 6.54 Å². The lowest BCUT2D eigenvalue weighted by molar-refractivity contribution is 0.585. The fourth-order valence-electron chi connectivity index (χ4n) is 3.73. The lowest BCUT2D eigenvalue weighted by atomic mass is 10.1. The van der Waals surface area contributed by atoms with E-state index in [1.165, 1.54) is 6.07 Å². The Kier molecular flexibility index (Phi) is 3.43. The standard InChI is InChI=1S/C22H13FN6O/c23-19-6-2-3-16(24-19)14-9-7-13(8-10-14)11-28-12-15-20(27-28)29-18-5-1-4-17(18)25-22(29)26-21(15)30/h1-10,12H,11H2. The maximum atomic E-state index is 13.4. The van der Waals surface area contributed by atoms with Crippen LogP contribution in [0.25, 0.3) is 40.2 Å². The Hall–Kier alpha value is -4.20. The molecule has 0 aliphatic heterocycles. The highest BCUT2D eigenvalue weighted by atomic mass is 19.1. The van der Waals surface area contributed by atoms with Gasteiger partial charge in [-0.05, 0) is 29.8 Å². The number of imidazole rings is 1. The molecule has 0 unspecified atom stereocenters. The van der Waals surface area contributed by atoms with Crippen molar-refractivity contribution in [1.82, 2.24) is 29.1 Å². The number of fused-ring (bicyclic) bond motifs is 5. The second-order valence-electron chi connectivity index (χ2n) is 7.07. The second-order valence-corrected chi connectivity index (χ2v) is 7.07. The van der Waals surface area contributed by atoms with E-state index in [0.717, 1.165) is 22.2 Å². The Morgan fingerprint density at radius 1 is 1.00 bits per heavy atom. The molecule has 144 valence electrons. The summed E-state index contributed by atoms with van der Waals surface area (Å²) in [4.78, 5) is 24.8. The first kappa shape index (κ1) is 16.7. The molecule has 6 rings (SSSR count). The van der Waals surface area contributed by atoms with E-state index in [2.05, 4.69) is 20.1 Å². The van der Waals surface area contributed by atoms with Gasteiger partial charge < -0.3 is 0 Å². The van der Waals surface area contributed by atoms with Crippen LogP contribution in [0.3, 0.4) is 0 Å². The van der Waals surface area contributed by atoms with E-state index in [0.29, 0.717) is 29.0 Å². The second kappa shape index (κ2) is 6.15. The van der Waals surface area contributed by atoms with Crippen LogP contribution in [0.2, 0.25) is 0 Å². The van der Waals surface area contributed by atoms with Gasteiger partial charge in [0.05, 0.1) is 23.3 Å². The predicted octanol–water partition coefficient (Wildman–Crippen LogP) is 2.21. The van der Waals surface area contributed by atoms with E-state index in [-0.39, 0.29) is 5.56 Å². The third-order valence-corrected chi connectivity index (χ3v) is 5.13. The summed E-state index contributed by atoms with van der Waals surface area (Å²) in [5, 5.41) is 5.95. The molecular formula is C22H13FN6O. The number of benzene rings is 1. The quantitative estimate of drug-likeness (QED) is 0.437. The molecule has 0 saturated carbocycles. The first-order chi connectivity index (χ1) is 14.7. The molecule has 8 heteroatoms. The highest BCUT2D eigenvalue weighted by Crippen LogP contribution is 2.19. The largest absolute Gasteiger partial charge is 0.285 e. The lowest BCUT2D eigenvalue weighted by Gasteiger charge is -2.04. The van der Waals surface area contributed by atoms with Crippen molar-refractivity contribution in [3.63, 3.8) is 0 Å². The van der Waals surface area contributed by atoms with E-state index in [4.69, 9.17) is 0 Å². The van der Waals surface area contributed by atoms with Crippen molar-refractivity contribution in [2.75, 3.05) is 0 Å². The Morgan fingerprint density at radius 3 is 2.70 bits per heavy atom. The van der Waals surface area contributed by atoms with E-state index in [1.807, 2.05) is 42.5 Å². The summed E-state index contributed by atoms with van der Waals surface area (Å²) in [7, 11) is 0. The minimum absolute atomic E-state index is 0.344. The van der Waals surface area contributed by atoms with Crippen molar-refractivity contribution in [1.29, 1.82) is 0 Å². The molecule has 0 fully saturated rings. The molecule has 1 aliphatic rings. The Balaban J connectivity index is 1.39. The zero-order chi connectivity index (χ0) is 20.2. The molecule has 30 heavy (non-hydrogen) atoms. The minimum atomic E-state index is -0.508. The van der Waals surface area contributed by atoms with Crippen molar-refractivity contribution in [2.24, 2.45) is 0 Å². The van der Waals surface area contributed by atoms with E-state index >= 15 is 0 Å². The van der Waals surface area contributed by atoms with Crippen LogP contribution < -0.4 is 10.9 Å². The SMILES string of the molecule is O=c1nc2nc3c(n2c2nn(Cc4ccc(-c5cccc(F)n5)cc4)cc12)=CC=C3. The molecule has 0 N–H and O–H groups in total. The number of hydrogen-bond acceptors (Lipinski definition) is 5. The summed E-state index contributed by atoms with van der Waals surface area (Å²) in [5.41, 5.74) is 3.38. The van der Waals surface area contributed by atoms with Gasteiger partial charge in [-0.15, -0.1) is 0 Å². The number of hydrogen-bond donors (Lipinski definition) is 0. The van der Waals surface area contributed by atoms with Crippen molar-refractivity contribution >= 4 is 29.0 Å². The van der Waals surface area contributed by atoms with Gasteiger partial charge in [0.25, 0.3) is 5.56 Å². The maximum Gasteiger partial charge on any atom is 0.285 e.